The van der Waals surface area contributed by atoms with Gasteiger partial charge in [-0.1, -0.05) is 11.2 Å². The smallest absolute Gasteiger partial charge is 0.410 e. The summed E-state index contributed by atoms with van der Waals surface area (Å²) in [6, 6.07) is 9.42. The highest BCUT2D eigenvalue weighted by Gasteiger charge is 2.32. The van der Waals surface area contributed by atoms with E-state index in [0.717, 1.165) is 16.2 Å². The molecule has 0 bridgehead atoms. The molecule has 0 radical (unpaired) electrons. The Morgan fingerprint density at radius 3 is 2.73 bits per heavy atom. The van der Waals surface area contributed by atoms with Crippen molar-refractivity contribution in [1.82, 2.24) is 10.1 Å². The van der Waals surface area contributed by atoms with E-state index in [2.05, 4.69) is 5.16 Å². The summed E-state index contributed by atoms with van der Waals surface area (Å²) >= 11 is 0. The van der Waals surface area contributed by atoms with Crippen molar-refractivity contribution in [2.45, 2.75) is 51.6 Å². The van der Waals surface area contributed by atoms with Crippen LogP contribution in [-0.2, 0) is 14.3 Å². The molecule has 1 atom stereocenters. The van der Waals surface area contributed by atoms with Gasteiger partial charge in [-0.25, -0.2) is 4.79 Å². The van der Waals surface area contributed by atoms with Gasteiger partial charge in [0.1, 0.15) is 35.2 Å². The number of hydrogen-bond acceptors (Lipinski definition) is 7. The van der Waals surface area contributed by atoms with Crippen LogP contribution in [0.15, 0.2) is 34.9 Å². The van der Waals surface area contributed by atoms with Crippen molar-refractivity contribution in [3.05, 3.63) is 36.0 Å². The molecule has 1 aromatic heterocycles. The summed E-state index contributed by atoms with van der Waals surface area (Å²) in [7, 11) is 1.67. The fraction of sp³-hybridized carbons (Fsp3) is 0.440. The summed E-state index contributed by atoms with van der Waals surface area (Å²) in [6.45, 7) is 6.17. The number of fused-ring (bicyclic) bond motifs is 3. The number of carbonyl (C=O) groups is 3. The average molecular weight is 453 g/mol. The minimum Gasteiger partial charge on any atom is -0.492 e. The lowest BCUT2D eigenvalue weighted by Gasteiger charge is -2.24. The molecule has 0 N–H and O–H groups in total. The number of carbonyl (C=O) groups excluding carboxylic acids is 3. The first kappa shape index (κ1) is 22.8. The summed E-state index contributed by atoms with van der Waals surface area (Å²) in [4.78, 5) is 37.6. The number of likely N-dealkylation sites (N-methyl/N-ethyl adjacent to an activating group) is 1. The molecule has 0 spiro atoms. The van der Waals surface area contributed by atoms with E-state index in [4.69, 9.17) is 14.0 Å². The molecule has 1 saturated carbocycles. The number of rotatable bonds is 5. The second-order valence-corrected chi connectivity index (χ2v) is 9.41. The molecule has 0 aliphatic heterocycles. The topological polar surface area (TPSA) is 98.9 Å². The largest absolute Gasteiger partial charge is 0.492 e. The summed E-state index contributed by atoms with van der Waals surface area (Å²) in [6.07, 6.45) is 0.401. The molecule has 3 aromatic rings. The van der Waals surface area contributed by atoms with Crippen LogP contribution >= 0.6 is 0 Å². The second kappa shape index (κ2) is 8.84. The molecule has 1 aliphatic rings. The van der Waals surface area contributed by atoms with Gasteiger partial charge in [0.25, 0.3) is 0 Å². The van der Waals surface area contributed by atoms with E-state index in [9.17, 15) is 14.4 Å². The molecule has 1 unspecified atom stereocenters. The summed E-state index contributed by atoms with van der Waals surface area (Å²) < 4.78 is 16.7. The van der Waals surface area contributed by atoms with Crippen LogP contribution in [0.3, 0.4) is 0 Å². The van der Waals surface area contributed by atoms with Crippen LogP contribution < -0.4 is 4.74 Å². The van der Waals surface area contributed by atoms with Gasteiger partial charge in [0, 0.05) is 13.5 Å². The van der Waals surface area contributed by atoms with E-state index in [0.29, 0.717) is 43.0 Å². The molecule has 1 aliphatic carbocycles. The molecule has 4 rings (SSSR count). The third-order valence-electron chi connectivity index (χ3n) is 5.65. The van der Waals surface area contributed by atoms with E-state index in [1.807, 2.05) is 51.1 Å². The van der Waals surface area contributed by atoms with Crippen LogP contribution in [0.1, 0.15) is 51.6 Å². The van der Waals surface area contributed by atoms with Gasteiger partial charge in [-0.3, -0.25) is 9.59 Å². The van der Waals surface area contributed by atoms with Crippen LogP contribution in [0.25, 0.3) is 21.7 Å². The van der Waals surface area contributed by atoms with Crippen molar-refractivity contribution < 1.29 is 28.4 Å². The molecule has 8 nitrogen and oxygen atoms in total. The van der Waals surface area contributed by atoms with E-state index >= 15 is 0 Å². The van der Waals surface area contributed by atoms with Crippen molar-refractivity contribution in [2.24, 2.45) is 0 Å². The fourth-order valence-corrected chi connectivity index (χ4v) is 3.99. The molecular weight excluding hydrogens is 424 g/mol. The first-order valence-electron chi connectivity index (χ1n) is 11.1. The lowest BCUT2D eigenvalue weighted by atomic mass is 9.83. The number of benzene rings is 2. The zero-order chi connectivity index (χ0) is 23.8. The van der Waals surface area contributed by atoms with Crippen LogP contribution in [0, 0.1) is 0 Å². The number of nitrogens with zero attached hydrogens (tertiary/aromatic N) is 2. The zero-order valence-corrected chi connectivity index (χ0v) is 19.3. The number of Topliss-reactive ketones (excluding diaryl/α,β-unsaturated/α-hetero) is 2. The van der Waals surface area contributed by atoms with Crippen molar-refractivity contribution in [1.29, 1.82) is 0 Å². The lowest BCUT2D eigenvalue weighted by Crippen LogP contribution is -2.36. The molecule has 8 heteroatoms. The number of ether oxygens (including phenoxy) is 2. The SMILES string of the molecule is CN(CCOc1ccc2c(ccc3onc(C4CCC(=O)CC4=O)c32)c1)C(=O)OC(C)(C)C. The molecule has 2 aromatic carbocycles. The molecule has 1 amide bonds. The monoisotopic (exact) mass is 452 g/mol. The highest BCUT2D eigenvalue weighted by Crippen LogP contribution is 2.37. The molecule has 1 fully saturated rings. The average Bonchev–Trinajstić information content (AvgIpc) is 3.16. The number of aromatic nitrogens is 1. The van der Waals surface area contributed by atoms with E-state index in [-0.39, 0.29) is 18.0 Å². The number of amides is 1. The van der Waals surface area contributed by atoms with Gasteiger partial charge < -0.3 is 18.9 Å². The van der Waals surface area contributed by atoms with Gasteiger partial charge in [0.2, 0.25) is 0 Å². The van der Waals surface area contributed by atoms with Crippen LogP contribution in [0.4, 0.5) is 4.79 Å². The van der Waals surface area contributed by atoms with Crippen molar-refractivity contribution in [3.63, 3.8) is 0 Å². The van der Waals surface area contributed by atoms with Crippen molar-refractivity contribution in [3.8, 4) is 5.75 Å². The zero-order valence-electron chi connectivity index (χ0n) is 19.3. The van der Waals surface area contributed by atoms with E-state index < -0.39 is 17.6 Å². The Hall–Kier alpha value is -3.42. The maximum atomic E-state index is 12.5. The van der Waals surface area contributed by atoms with Gasteiger partial charge in [0.05, 0.1) is 24.3 Å². The van der Waals surface area contributed by atoms with Crippen molar-refractivity contribution in [2.75, 3.05) is 20.2 Å². The minimum atomic E-state index is -0.547. The summed E-state index contributed by atoms with van der Waals surface area (Å²) in [5.41, 5.74) is 0.657. The highest BCUT2D eigenvalue weighted by atomic mass is 16.6. The highest BCUT2D eigenvalue weighted by molar-refractivity contribution is 6.11. The van der Waals surface area contributed by atoms with Gasteiger partial charge in [-0.2, -0.15) is 0 Å². The fourth-order valence-electron chi connectivity index (χ4n) is 3.99. The molecule has 33 heavy (non-hydrogen) atoms. The first-order chi connectivity index (χ1) is 15.6. The van der Waals surface area contributed by atoms with Crippen LogP contribution in [0.5, 0.6) is 5.75 Å². The Kier molecular flexibility index (Phi) is 6.10. The van der Waals surface area contributed by atoms with Crippen LogP contribution in [0.2, 0.25) is 0 Å². The Balaban J connectivity index is 1.50. The molecular formula is C25H28N2O6. The Morgan fingerprint density at radius 2 is 2.00 bits per heavy atom. The summed E-state index contributed by atoms with van der Waals surface area (Å²) in [5, 5.41) is 6.82. The van der Waals surface area contributed by atoms with Gasteiger partial charge in [-0.05, 0) is 62.2 Å². The standard InChI is InChI=1S/C25H28N2O6/c1-25(2,3)32-24(30)27(4)11-12-31-17-7-9-18-15(13-17)5-10-21-22(18)23(26-33-21)19-8-6-16(28)14-20(19)29/h5,7,9-10,13,19H,6,8,11-12,14H2,1-4H3. The second-order valence-electron chi connectivity index (χ2n) is 9.41. The van der Waals surface area contributed by atoms with Gasteiger partial charge >= 0.3 is 6.09 Å². The predicted octanol–water partition coefficient (Wildman–Crippen LogP) is 4.63. The first-order valence-corrected chi connectivity index (χ1v) is 11.1. The van der Waals surface area contributed by atoms with E-state index in [1.54, 1.807) is 7.05 Å². The van der Waals surface area contributed by atoms with Gasteiger partial charge in [-0.15, -0.1) is 0 Å². The maximum Gasteiger partial charge on any atom is 0.410 e. The number of hydrogen-bond donors (Lipinski definition) is 0. The Labute approximate surface area is 191 Å². The molecule has 1 heterocycles. The molecule has 0 saturated heterocycles. The summed E-state index contributed by atoms with van der Waals surface area (Å²) in [5.74, 6) is 0.117. The molecule has 174 valence electrons. The van der Waals surface area contributed by atoms with E-state index in [1.165, 1.54) is 4.90 Å². The maximum absolute atomic E-state index is 12.5. The quantitative estimate of drug-likeness (QED) is 0.520. The Bertz CT molecular complexity index is 1220. The number of ketones is 2. The third kappa shape index (κ3) is 4.99. The normalized spacial score (nSPS) is 16.9. The minimum absolute atomic E-state index is 0.0204. The van der Waals surface area contributed by atoms with Gasteiger partial charge in [0.15, 0.2) is 5.58 Å². The van der Waals surface area contributed by atoms with Crippen LogP contribution in [-0.4, -0.2) is 53.5 Å². The Morgan fingerprint density at radius 1 is 1.21 bits per heavy atom. The third-order valence-corrected chi connectivity index (χ3v) is 5.65. The lowest BCUT2D eigenvalue weighted by molar-refractivity contribution is -0.130. The predicted molar refractivity (Wildman–Crippen MR) is 122 cm³/mol. The van der Waals surface area contributed by atoms with Crippen molar-refractivity contribution >= 4 is 39.4 Å².